The van der Waals surface area contributed by atoms with E-state index in [4.69, 9.17) is 4.98 Å². The van der Waals surface area contributed by atoms with Crippen molar-refractivity contribution >= 4 is 11.7 Å². The van der Waals surface area contributed by atoms with Gasteiger partial charge in [-0.1, -0.05) is 6.07 Å². The lowest BCUT2D eigenvalue weighted by Crippen LogP contribution is -2.51. The summed E-state index contributed by atoms with van der Waals surface area (Å²) < 4.78 is 0. The van der Waals surface area contributed by atoms with E-state index in [9.17, 15) is 10.1 Å². The Bertz CT molecular complexity index is 942. The van der Waals surface area contributed by atoms with E-state index in [1.54, 1.807) is 6.20 Å². The van der Waals surface area contributed by atoms with Crippen LogP contribution in [-0.2, 0) is 11.3 Å². The van der Waals surface area contributed by atoms with Crippen LogP contribution in [0.5, 0.6) is 0 Å². The van der Waals surface area contributed by atoms with Crippen molar-refractivity contribution in [1.82, 2.24) is 14.9 Å². The number of hydrogen-bond acceptors (Lipinski definition) is 5. The second-order valence-corrected chi connectivity index (χ2v) is 8.43. The molecule has 150 valence electrons. The average molecular weight is 390 g/mol. The first-order valence-electron chi connectivity index (χ1n) is 10.3. The molecule has 6 nitrogen and oxygen atoms in total. The highest BCUT2D eigenvalue weighted by atomic mass is 16.2. The van der Waals surface area contributed by atoms with Crippen molar-refractivity contribution < 1.29 is 4.79 Å². The highest BCUT2D eigenvalue weighted by molar-refractivity contribution is 5.77. The Morgan fingerprint density at radius 3 is 2.69 bits per heavy atom. The van der Waals surface area contributed by atoms with Crippen LogP contribution in [0.4, 0.5) is 5.82 Å². The van der Waals surface area contributed by atoms with Gasteiger partial charge in [0.05, 0.1) is 17.8 Å². The number of likely N-dealkylation sites (tertiary alicyclic amines) is 1. The van der Waals surface area contributed by atoms with Gasteiger partial charge < -0.3 is 9.80 Å². The number of nitrogens with zero attached hydrogens (tertiary/aromatic N) is 5. The van der Waals surface area contributed by atoms with Crippen molar-refractivity contribution in [3.05, 3.63) is 53.0 Å². The molecule has 4 rings (SSSR count). The normalized spacial score (nSPS) is 18.7. The fourth-order valence-corrected chi connectivity index (χ4v) is 4.55. The third-order valence-electron chi connectivity index (χ3n) is 6.52. The highest BCUT2D eigenvalue weighted by Crippen LogP contribution is 2.41. The number of carbonyl (C=O) groups is 1. The fraction of sp³-hybridized carbons (Fsp3) is 0.478. The summed E-state index contributed by atoms with van der Waals surface area (Å²) in [5, 5.41) is 9.54. The molecule has 2 fully saturated rings. The third-order valence-corrected chi connectivity index (χ3v) is 6.52. The zero-order chi connectivity index (χ0) is 20.4. The van der Waals surface area contributed by atoms with Crippen LogP contribution in [0.3, 0.4) is 0 Å². The SMILES string of the molecule is Cc1cc(C#N)c(N2CCC3(CCC(=O)N(Cc4ccccn4)C3)CC2)nc1C. The summed E-state index contributed by atoms with van der Waals surface area (Å²) in [4.78, 5) is 25.8. The van der Waals surface area contributed by atoms with Crippen LogP contribution in [0.2, 0.25) is 0 Å². The van der Waals surface area contributed by atoms with Crippen molar-refractivity contribution in [2.24, 2.45) is 5.41 Å². The first-order chi connectivity index (χ1) is 14.0. The van der Waals surface area contributed by atoms with Crippen LogP contribution in [0.25, 0.3) is 0 Å². The standard InChI is InChI=1S/C23H27N5O/c1-17-13-19(14-24)22(26-18(17)2)27-11-8-23(9-12-27)7-6-21(29)28(16-23)15-20-5-3-4-10-25-20/h3-5,10,13H,6-9,11-12,15-16H2,1-2H3. The van der Waals surface area contributed by atoms with Gasteiger partial charge in [-0.05, 0) is 62.3 Å². The number of aromatic nitrogens is 2. The maximum Gasteiger partial charge on any atom is 0.222 e. The monoisotopic (exact) mass is 389 g/mol. The number of piperidine rings is 2. The molecule has 2 aliphatic rings. The Balaban J connectivity index is 1.47. The molecule has 29 heavy (non-hydrogen) atoms. The molecule has 0 unspecified atom stereocenters. The summed E-state index contributed by atoms with van der Waals surface area (Å²) in [6.45, 7) is 7.11. The Kier molecular flexibility index (Phi) is 5.23. The van der Waals surface area contributed by atoms with Gasteiger partial charge in [-0.25, -0.2) is 4.98 Å². The van der Waals surface area contributed by atoms with E-state index in [2.05, 4.69) is 16.0 Å². The van der Waals surface area contributed by atoms with Crippen LogP contribution in [0.15, 0.2) is 30.5 Å². The van der Waals surface area contributed by atoms with E-state index in [-0.39, 0.29) is 11.3 Å². The lowest BCUT2D eigenvalue weighted by molar-refractivity contribution is -0.139. The molecule has 0 bridgehead atoms. The summed E-state index contributed by atoms with van der Waals surface area (Å²) >= 11 is 0. The Morgan fingerprint density at radius 1 is 1.21 bits per heavy atom. The minimum atomic E-state index is 0.158. The van der Waals surface area contributed by atoms with E-state index in [0.29, 0.717) is 18.5 Å². The van der Waals surface area contributed by atoms with E-state index in [0.717, 1.165) is 61.7 Å². The number of hydrogen-bond donors (Lipinski definition) is 0. The summed E-state index contributed by atoms with van der Waals surface area (Å²) in [6.07, 6.45) is 5.36. The molecule has 0 atom stereocenters. The van der Waals surface area contributed by atoms with Crippen molar-refractivity contribution in [2.45, 2.75) is 46.1 Å². The van der Waals surface area contributed by atoms with Gasteiger partial charge in [-0.3, -0.25) is 9.78 Å². The first kappa shape index (κ1) is 19.4. The second kappa shape index (κ2) is 7.82. The zero-order valence-corrected chi connectivity index (χ0v) is 17.2. The molecule has 0 aromatic carbocycles. The molecule has 2 aliphatic heterocycles. The zero-order valence-electron chi connectivity index (χ0n) is 17.2. The molecule has 6 heteroatoms. The summed E-state index contributed by atoms with van der Waals surface area (Å²) in [6, 6.07) is 10.1. The lowest BCUT2D eigenvalue weighted by Gasteiger charge is -2.47. The minimum Gasteiger partial charge on any atom is -0.355 e. The summed E-state index contributed by atoms with van der Waals surface area (Å²) in [5.74, 6) is 1.04. The first-order valence-corrected chi connectivity index (χ1v) is 10.3. The summed E-state index contributed by atoms with van der Waals surface area (Å²) in [7, 11) is 0. The molecule has 4 heterocycles. The second-order valence-electron chi connectivity index (χ2n) is 8.43. The van der Waals surface area contributed by atoms with Crippen molar-refractivity contribution in [2.75, 3.05) is 24.5 Å². The van der Waals surface area contributed by atoms with Gasteiger partial charge in [0, 0.05) is 37.9 Å². The number of amides is 1. The topological polar surface area (TPSA) is 73.1 Å². The van der Waals surface area contributed by atoms with Gasteiger partial charge in [-0.2, -0.15) is 5.26 Å². The maximum atomic E-state index is 12.5. The molecule has 1 spiro atoms. The number of anilines is 1. The van der Waals surface area contributed by atoms with E-state index in [1.807, 2.05) is 43.0 Å². The minimum absolute atomic E-state index is 0.158. The fourth-order valence-electron chi connectivity index (χ4n) is 4.55. The quantitative estimate of drug-likeness (QED) is 0.805. The van der Waals surface area contributed by atoms with Crippen LogP contribution >= 0.6 is 0 Å². The number of rotatable bonds is 3. The number of aryl methyl sites for hydroxylation is 2. The molecule has 2 saturated heterocycles. The van der Waals surface area contributed by atoms with Gasteiger partial charge in [-0.15, -0.1) is 0 Å². The van der Waals surface area contributed by atoms with E-state index in [1.165, 1.54) is 0 Å². The van der Waals surface area contributed by atoms with Gasteiger partial charge in [0.2, 0.25) is 5.91 Å². The predicted octanol–water partition coefficient (Wildman–Crippen LogP) is 3.37. The van der Waals surface area contributed by atoms with E-state index < -0.39 is 0 Å². The van der Waals surface area contributed by atoms with E-state index >= 15 is 0 Å². The Morgan fingerprint density at radius 2 is 2.00 bits per heavy atom. The van der Waals surface area contributed by atoms with Crippen LogP contribution in [-0.4, -0.2) is 40.4 Å². The molecular weight excluding hydrogens is 362 g/mol. The predicted molar refractivity (Wildman–Crippen MR) is 111 cm³/mol. The number of pyridine rings is 2. The number of carbonyl (C=O) groups excluding carboxylic acids is 1. The van der Waals surface area contributed by atoms with Gasteiger partial charge in [0.25, 0.3) is 0 Å². The smallest absolute Gasteiger partial charge is 0.222 e. The van der Waals surface area contributed by atoms with Crippen LogP contribution in [0, 0.1) is 30.6 Å². The Labute approximate surface area is 172 Å². The molecule has 0 aliphatic carbocycles. The highest BCUT2D eigenvalue weighted by Gasteiger charge is 2.41. The molecule has 2 aromatic rings. The largest absolute Gasteiger partial charge is 0.355 e. The molecule has 1 amide bonds. The molecule has 0 radical (unpaired) electrons. The number of nitriles is 1. The van der Waals surface area contributed by atoms with Crippen LogP contribution in [0.1, 0.15) is 48.2 Å². The van der Waals surface area contributed by atoms with Crippen molar-refractivity contribution in [3.63, 3.8) is 0 Å². The molecule has 0 saturated carbocycles. The van der Waals surface area contributed by atoms with Gasteiger partial charge in [0.1, 0.15) is 11.9 Å². The van der Waals surface area contributed by atoms with Crippen LogP contribution < -0.4 is 4.90 Å². The third kappa shape index (κ3) is 3.95. The summed E-state index contributed by atoms with van der Waals surface area (Å²) in [5.41, 5.74) is 3.78. The maximum absolute atomic E-state index is 12.5. The molecule has 0 N–H and O–H groups in total. The van der Waals surface area contributed by atoms with Gasteiger partial charge in [0.15, 0.2) is 0 Å². The van der Waals surface area contributed by atoms with Crippen molar-refractivity contribution in [1.29, 1.82) is 5.26 Å². The molecular formula is C23H27N5O. The Hall–Kier alpha value is -2.94. The molecule has 2 aromatic heterocycles. The average Bonchev–Trinajstić information content (AvgIpc) is 2.74. The van der Waals surface area contributed by atoms with Gasteiger partial charge >= 0.3 is 0 Å². The van der Waals surface area contributed by atoms with Crippen molar-refractivity contribution in [3.8, 4) is 6.07 Å². The lowest BCUT2D eigenvalue weighted by atomic mass is 9.72.